The zero-order valence-corrected chi connectivity index (χ0v) is 21.9. The third kappa shape index (κ3) is 5.39. The van der Waals surface area contributed by atoms with Gasteiger partial charge in [0.1, 0.15) is 11.4 Å². The zero-order chi connectivity index (χ0) is 28.4. The van der Waals surface area contributed by atoms with Crippen LogP contribution in [-0.2, 0) is 42.4 Å². The molecule has 2 aromatic heterocycles. The number of carboxylic acids is 2. The number of thioether (sulfide) groups is 1. The summed E-state index contributed by atoms with van der Waals surface area (Å²) in [5.74, 6) is -4.08. The Bertz CT molecular complexity index is 1430. The molecule has 1 fully saturated rings. The van der Waals surface area contributed by atoms with E-state index in [1.54, 1.807) is 29.5 Å². The molecule has 0 aromatic carbocycles. The normalized spacial score (nSPS) is 18.8. The summed E-state index contributed by atoms with van der Waals surface area (Å²) in [7, 11) is 1.68. The number of aromatic nitrogens is 4. The van der Waals surface area contributed by atoms with Gasteiger partial charge < -0.3 is 36.2 Å². The van der Waals surface area contributed by atoms with Gasteiger partial charge in [-0.25, -0.2) is 4.79 Å². The van der Waals surface area contributed by atoms with Crippen LogP contribution in [0.25, 0.3) is 0 Å². The first-order valence-corrected chi connectivity index (χ1v) is 12.8. The summed E-state index contributed by atoms with van der Waals surface area (Å²) < 4.78 is 7.17. The van der Waals surface area contributed by atoms with E-state index in [1.165, 1.54) is 11.8 Å². The Kier molecular flexibility index (Phi) is 7.81. The van der Waals surface area contributed by atoms with E-state index in [9.17, 15) is 29.1 Å². The van der Waals surface area contributed by atoms with Crippen LogP contribution in [0.1, 0.15) is 11.4 Å². The fourth-order valence-electron chi connectivity index (χ4n) is 4.04. The van der Waals surface area contributed by atoms with Gasteiger partial charge in [0, 0.05) is 22.9 Å². The molecule has 39 heavy (non-hydrogen) atoms. The van der Waals surface area contributed by atoms with Crippen LogP contribution in [0, 0.1) is 6.92 Å². The Morgan fingerprint density at radius 2 is 2.18 bits per heavy atom. The minimum absolute atomic E-state index is 0.00841. The molecule has 17 nitrogen and oxygen atoms in total. The van der Waals surface area contributed by atoms with Gasteiger partial charge in [-0.3, -0.25) is 19.3 Å². The number of nitrogens with two attached hydrogens (primary N) is 1. The van der Waals surface area contributed by atoms with Gasteiger partial charge in [0.05, 0.1) is 24.3 Å². The van der Waals surface area contributed by atoms with Crippen molar-refractivity contribution in [2.24, 2.45) is 12.2 Å². The fraction of sp³-hybridized carbons (Fsp3) is 0.350. The molecule has 4 rings (SSSR count). The second-order valence-electron chi connectivity index (χ2n) is 8.21. The number of β-lactam (4-membered cyclic amide) rings is 1. The van der Waals surface area contributed by atoms with E-state index in [2.05, 4.69) is 30.0 Å². The molecule has 5 N–H and O–H groups in total. The summed E-state index contributed by atoms with van der Waals surface area (Å²) in [4.78, 5) is 69.3. The first-order valence-electron chi connectivity index (χ1n) is 11.0. The lowest BCUT2D eigenvalue weighted by atomic mass is 10.0. The van der Waals surface area contributed by atoms with Crippen LogP contribution < -0.4 is 26.2 Å². The minimum Gasteiger partial charge on any atom is -0.543 e. The number of carbonyl (C=O) groups excluding carboxylic acids is 4. The number of hydrogen-bond acceptors (Lipinski definition) is 13. The maximum atomic E-state index is 13.0. The lowest BCUT2D eigenvalue weighted by Gasteiger charge is -2.50. The highest BCUT2D eigenvalue weighted by Crippen LogP contribution is 2.40. The fourth-order valence-corrected chi connectivity index (χ4v) is 5.81. The summed E-state index contributed by atoms with van der Waals surface area (Å²) in [5.41, 5.74) is 5.87. The first kappa shape index (κ1) is 27.5. The van der Waals surface area contributed by atoms with E-state index < -0.39 is 47.5 Å². The molecule has 0 unspecified atom stereocenters. The topological polar surface area (TPSA) is 238 Å². The van der Waals surface area contributed by atoms with Crippen LogP contribution >= 0.6 is 23.3 Å². The zero-order valence-electron chi connectivity index (χ0n) is 20.3. The van der Waals surface area contributed by atoms with Crippen molar-refractivity contribution in [3.8, 4) is 0 Å². The Hall–Kier alpha value is -4.52. The lowest BCUT2D eigenvalue weighted by Crippen LogP contribution is -2.71. The summed E-state index contributed by atoms with van der Waals surface area (Å²) in [5, 5.41) is 28.6. The van der Waals surface area contributed by atoms with Crippen LogP contribution in [-0.4, -0.2) is 83.7 Å². The molecule has 4 heterocycles. The Balaban J connectivity index is 1.54. The molecule has 0 spiro atoms. The molecular weight excluding hydrogens is 558 g/mol. The van der Waals surface area contributed by atoms with Gasteiger partial charge in [-0.05, 0) is 6.92 Å². The molecule has 0 radical (unpaired) electrons. The standard InChI is InChI=1S/C20H21N9O8S2/c1-8-3-28(27(2)15(8)22-7-30)4-9-6-38-18-12(17(34)29(18)13(9)19(35)36)23-16(33)11(25-37-5-10(31)32)14-24-20(21)39-26-14/h3,7,12,18H,4-6H2,1-2H3,(H5,21,23,24,26,31,32,33,35,36)/t12-,18-/m1/s1. The summed E-state index contributed by atoms with van der Waals surface area (Å²) in [6.45, 7) is 1.02. The van der Waals surface area contributed by atoms with Crippen LogP contribution in [0.2, 0.25) is 0 Å². The Morgan fingerprint density at radius 3 is 2.79 bits per heavy atom. The number of nitrogens with zero attached hydrogens (tertiary/aromatic N) is 6. The second-order valence-corrected chi connectivity index (χ2v) is 10.1. The van der Waals surface area contributed by atoms with E-state index in [4.69, 9.17) is 10.8 Å². The van der Waals surface area contributed by atoms with Crippen molar-refractivity contribution < 1.29 is 43.7 Å². The molecule has 0 saturated carbocycles. The third-order valence-corrected chi connectivity index (χ3v) is 7.60. The molecule has 0 aliphatic carbocycles. The quantitative estimate of drug-likeness (QED) is 0.0668. The number of aryl methyl sites for hydroxylation is 1. The van der Waals surface area contributed by atoms with Crippen molar-refractivity contribution in [1.82, 2.24) is 24.3 Å². The lowest BCUT2D eigenvalue weighted by molar-refractivity contribution is -0.765. The van der Waals surface area contributed by atoms with Gasteiger partial charge >= 0.3 is 5.97 Å². The molecule has 2 atom stereocenters. The SMILES string of the molecule is Cc1c[n+](CC2=C(C(=O)[O-])N3C(=O)[C@@H](NC(=O)C(=NOCC(=O)O)c4nsc(N)n4)[C@H]3SC2)n(C)c1NC=O. The molecule has 0 bridgehead atoms. The van der Waals surface area contributed by atoms with Gasteiger partial charge in [0.25, 0.3) is 11.8 Å². The number of fused-ring (bicyclic) bond motifs is 1. The average Bonchev–Trinajstić information content (AvgIpc) is 3.42. The molecule has 2 aliphatic heterocycles. The number of carbonyl (C=O) groups is 5. The summed E-state index contributed by atoms with van der Waals surface area (Å²) >= 11 is 1.98. The van der Waals surface area contributed by atoms with E-state index >= 15 is 0 Å². The molecule has 206 valence electrons. The highest BCUT2D eigenvalue weighted by Gasteiger charge is 2.53. The second kappa shape index (κ2) is 11.1. The van der Waals surface area contributed by atoms with Gasteiger partial charge in [-0.2, -0.15) is 9.36 Å². The average molecular weight is 580 g/mol. The largest absolute Gasteiger partial charge is 0.543 e. The van der Waals surface area contributed by atoms with Crippen LogP contribution in [0.15, 0.2) is 22.6 Å². The van der Waals surface area contributed by atoms with E-state index in [0.717, 1.165) is 22.0 Å². The Morgan fingerprint density at radius 1 is 1.44 bits per heavy atom. The smallest absolute Gasteiger partial charge is 0.344 e. The van der Waals surface area contributed by atoms with Crippen molar-refractivity contribution in [3.05, 3.63) is 28.9 Å². The number of nitrogens with one attached hydrogen (secondary N) is 2. The number of amides is 3. The van der Waals surface area contributed by atoms with Crippen LogP contribution in [0.3, 0.4) is 0 Å². The van der Waals surface area contributed by atoms with Crippen molar-refractivity contribution in [2.75, 3.05) is 23.4 Å². The molecule has 3 amide bonds. The van der Waals surface area contributed by atoms with Gasteiger partial charge in [0.15, 0.2) is 17.5 Å². The minimum atomic E-state index is -1.56. The monoisotopic (exact) mass is 579 g/mol. The number of rotatable bonds is 11. The highest BCUT2D eigenvalue weighted by molar-refractivity contribution is 8.00. The highest BCUT2D eigenvalue weighted by atomic mass is 32.2. The molecular formula is C20H21N9O8S2. The van der Waals surface area contributed by atoms with Gasteiger partial charge in [-0.15, -0.1) is 21.1 Å². The van der Waals surface area contributed by atoms with E-state index in [0.29, 0.717) is 17.8 Å². The number of aliphatic carboxylic acids is 2. The van der Waals surface area contributed by atoms with Crippen molar-refractivity contribution in [1.29, 1.82) is 0 Å². The number of hydrogen-bond donors (Lipinski definition) is 4. The number of anilines is 2. The van der Waals surface area contributed by atoms with Crippen molar-refractivity contribution >= 4 is 70.1 Å². The first-order chi connectivity index (χ1) is 18.5. The van der Waals surface area contributed by atoms with Crippen molar-refractivity contribution in [3.63, 3.8) is 0 Å². The number of nitrogen functional groups attached to an aromatic ring is 1. The maximum absolute atomic E-state index is 13.0. The van der Waals surface area contributed by atoms with Gasteiger partial charge in [-0.1, -0.05) is 5.16 Å². The van der Waals surface area contributed by atoms with Crippen LogP contribution in [0.5, 0.6) is 0 Å². The molecule has 19 heteroatoms. The molecule has 2 aromatic rings. The Labute approximate surface area is 227 Å². The van der Waals surface area contributed by atoms with Gasteiger partial charge in [0.2, 0.25) is 30.7 Å². The van der Waals surface area contributed by atoms with E-state index in [-0.39, 0.29) is 29.0 Å². The maximum Gasteiger partial charge on any atom is 0.344 e. The van der Waals surface area contributed by atoms with Crippen molar-refractivity contribution in [2.45, 2.75) is 24.9 Å². The van der Waals surface area contributed by atoms with E-state index in [1.807, 2.05) is 0 Å². The number of oxime groups is 1. The third-order valence-electron chi connectivity index (χ3n) is 5.71. The predicted molar refractivity (Wildman–Crippen MR) is 132 cm³/mol. The molecule has 1 saturated heterocycles. The summed E-state index contributed by atoms with van der Waals surface area (Å²) in [6, 6.07) is -1.13. The molecule has 2 aliphatic rings. The number of carboxylic acid groups (broad SMARTS) is 2. The summed E-state index contributed by atoms with van der Waals surface area (Å²) in [6.07, 6.45) is 2.25. The van der Waals surface area contributed by atoms with Crippen LogP contribution in [0.4, 0.5) is 10.9 Å². The predicted octanol–water partition coefficient (Wildman–Crippen LogP) is -3.47.